The Balaban J connectivity index is 0.00000208. The lowest BCUT2D eigenvalue weighted by atomic mass is 10.0. The second-order valence-electron chi connectivity index (χ2n) is 6.36. The highest BCUT2D eigenvalue weighted by atomic mass is 35.5. The van der Waals surface area contributed by atoms with Crippen molar-refractivity contribution in [3.63, 3.8) is 0 Å². The third-order valence-corrected chi connectivity index (χ3v) is 4.41. The molecule has 0 spiro atoms. The summed E-state index contributed by atoms with van der Waals surface area (Å²) in [6.07, 6.45) is 3.72. The van der Waals surface area contributed by atoms with Crippen molar-refractivity contribution in [3.8, 4) is 5.75 Å². The summed E-state index contributed by atoms with van der Waals surface area (Å²) in [6.45, 7) is 4.03. The number of methoxy groups -OCH3 is 1. The average molecular weight is 357 g/mol. The first-order valence-corrected chi connectivity index (χ1v) is 8.32. The fourth-order valence-corrected chi connectivity index (χ4v) is 3.46. The van der Waals surface area contributed by atoms with Gasteiger partial charge >= 0.3 is 0 Å². The summed E-state index contributed by atoms with van der Waals surface area (Å²) in [5, 5.41) is 1.08. The molecular formula is C18H26ClFN2O2. The zero-order valence-electron chi connectivity index (χ0n) is 14.3. The van der Waals surface area contributed by atoms with Crippen LogP contribution in [0.25, 0.3) is 10.9 Å². The highest BCUT2D eigenvalue weighted by Crippen LogP contribution is 2.35. The second kappa shape index (κ2) is 8.19. The molecule has 1 aromatic heterocycles. The summed E-state index contributed by atoms with van der Waals surface area (Å²) in [5.74, 6) is 0.0262. The van der Waals surface area contributed by atoms with Crippen LogP contribution in [0.1, 0.15) is 31.0 Å². The number of hydrogen-bond donors (Lipinski definition) is 1. The number of aryl methyl sites for hydroxylation is 1. The zero-order valence-corrected chi connectivity index (χ0v) is 15.1. The van der Waals surface area contributed by atoms with Crippen LogP contribution < -0.4 is 10.5 Å². The molecule has 0 unspecified atom stereocenters. The monoisotopic (exact) mass is 356 g/mol. The van der Waals surface area contributed by atoms with Gasteiger partial charge in [0.05, 0.1) is 12.1 Å². The van der Waals surface area contributed by atoms with Gasteiger partial charge in [0.15, 0.2) is 11.6 Å². The molecule has 2 aromatic rings. The van der Waals surface area contributed by atoms with Gasteiger partial charge in [-0.2, -0.15) is 0 Å². The number of halogens is 2. The Bertz CT molecular complexity index is 700. The summed E-state index contributed by atoms with van der Waals surface area (Å²) >= 11 is 0. The number of nitrogens with zero attached hydrogens (tertiary/aromatic N) is 1. The molecule has 0 saturated carbocycles. The number of benzene rings is 1. The van der Waals surface area contributed by atoms with Gasteiger partial charge in [0.1, 0.15) is 0 Å². The Kier molecular flexibility index (Phi) is 6.49. The fourth-order valence-electron chi connectivity index (χ4n) is 3.46. The molecule has 0 bridgehead atoms. The molecule has 0 saturated heterocycles. The highest BCUT2D eigenvalue weighted by molar-refractivity contribution is 5.87. The van der Waals surface area contributed by atoms with Crippen molar-refractivity contribution in [1.82, 2.24) is 4.57 Å². The highest BCUT2D eigenvalue weighted by Gasteiger charge is 2.23. The molecular weight excluding hydrogens is 331 g/mol. The van der Waals surface area contributed by atoms with Crippen LogP contribution in [0, 0.1) is 5.82 Å². The molecule has 24 heavy (non-hydrogen) atoms. The minimum absolute atomic E-state index is 0. The summed E-state index contributed by atoms with van der Waals surface area (Å²) in [6, 6.07) is 3.54. The van der Waals surface area contributed by atoms with Gasteiger partial charge in [-0.3, -0.25) is 0 Å². The molecule has 1 atom stereocenters. The minimum Gasteiger partial charge on any atom is -0.490 e. The normalized spacial score (nSPS) is 14.5. The molecule has 1 aliphatic heterocycles. The van der Waals surface area contributed by atoms with Crippen LogP contribution in [-0.4, -0.2) is 30.9 Å². The Morgan fingerprint density at radius 3 is 2.83 bits per heavy atom. The van der Waals surface area contributed by atoms with Crippen LogP contribution in [0.2, 0.25) is 0 Å². The van der Waals surface area contributed by atoms with E-state index in [1.807, 2.05) is 13.0 Å². The van der Waals surface area contributed by atoms with Crippen molar-refractivity contribution >= 4 is 23.3 Å². The molecule has 134 valence electrons. The van der Waals surface area contributed by atoms with Crippen molar-refractivity contribution in [3.05, 3.63) is 29.2 Å². The second-order valence-corrected chi connectivity index (χ2v) is 6.36. The lowest BCUT2D eigenvalue weighted by Gasteiger charge is -2.10. The predicted molar refractivity (Wildman–Crippen MR) is 96.8 cm³/mol. The molecule has 1 aliphatic rings. The number of rotatable bonds is 7. The lowest BCUT2D eigenvalue weighted by Crippen LogP contribution is -2.18. The molecule has 6 heteroatoms. The zero-order chi connectivity index (χ0) is 16.4. The molecule has 1 aromatic carbocycles. The van der Waals surface area contributed by atoms with Crippen LogP contribution in [-0.2, 0) is 24.1 Å². The number of fused-ring (bicyclic) bond motifs is 3. The molecule has 4 nitrogen and oxygen atoms in total. The van der Waals surface area contributed by atoms with Crippen molar-refractivity contribution < 1.29 is 13.9 Å². The molecule has 0 amide bonds. The van der Waals surface area contributed by atoms with E-state index in [0.29, 0.717) is 19.0 Å². The maximum atomic E-state index is 14.4. The summed E-state index contributed by atoms with van der Waals surface area (Å²) in [7, 11) is 1.65. The first-order valence-electron chi connectivity index (χ1n) is 8.32. The molecule has 3 rings (SSSR count). The van der Waals surface area contributed by atoms with Crippen LogP contribution in [0.15, 0.2) is 12.1 Å². The average Bonchev–Trinajstić information content (AvgIpc) is 3.07. The number of aromatic nitrogens is 1. The van der Waals surface area contributed by atoms with Gasteiger partial charge in [-0.05, 0) is 37.8 Å². The van der Waals surface area contributed by atoms with Gasteiger partial charge in [-0.15, -0.1) is 12.4 Å². The van der Waals surface area contributed by atoms with E-state index in [4.69, 9.17) is 15.2 Å². The topological polar surface area (TPSA) is 49.4 Å². The first-order chi connectivity index (χ1) is 11.1. The SMILES string of the molecule is COCCCOc1cc2c(C[C@H](C)N)c3n(c2cc1F)CCC3.Cl. The number of ether oxygens (including phenoxy) is 2. The van der Waals surface area contributed by atoms with E-state index in [9.17, 15) is 4.39 Å². The number of nitrogens with two attached hydrogens (primary N) is 1. The van der Waals surface area contributed by atoms with Crippen molar-refractivity contribution in [2.75, 3.05) is 20.3 Å². The van der Waals surface area contributed by atoms with Gasteiger partial charge in [-0.25, -0.2) is 4.39 Å². The molecule has 2 heterocycles. The van der Waals surface area contributed by atoms with Gasteiger partial charge < -0.3 is 19.8 Å². The fraction of sp³-hybridized carbons (Fsp3) is 0.556. The Labute approximate surface area is 148 Å². The van der Waals surface area contributed by atoms with Crippen LogP contribution in [0.5, 0.6) is 5.75 Å². The maximum absolute atomic E-state index is 14.4. The number of hydrogen-bond acceptors (Lipinski definition) is 3. The van der Waals surface area contributed by atoms with Gasteiger partial charge in [-0.1, -0.05) is 0 Å². The summed E-state index contributed by atoms with van der Waals surface area (Å²) in [4.78, 5) is 0. The molecule has 2 N–H and O–H groups in total. The van der Waals surface area contributed by atoms with Gasteiger partial charge in [0.25, 0.3) is 0 Å². The standard InChI is InChI=1S/C18H25FN2O2.ClH/c1-12(20)9-13-14-10-18(23-8-4-7-22-2)15(19)11-17(14)21-6-3-5-16(13)21;/h10-12H,3-9,20H2,1-2H3;1H/t12-;/m0./s1. The van der Waals surface area contributed by atoms with Crippen LogP contribution >= 0.6 is 12.4 Å². The van der Waals surface area contributed by atoms with E-state index in [0.717, 1.165) is 43.1 Å². The molecule has 0 aliphatic carbocycles. The van der Waals surface area contributed by atoms with Crippen molar-refractivity contribution in [2.24, 2.45) is 5.73 Å². The maximum Gasteiger partial charge on any atom is 0.167 e. The Morgan fingerprint density at radius 2 is 2.12 bits per heavy atom. The quantitative estimate of drug-likeness (QED) is 0.773. The van der Waals surface area contributed by atoms with E-state index in [2.05, 4.69) is 4.57 Å². The Morgan fingerprint density at radius 1 is 1.33 bits per heavy atom. The van der Waals surface area contributed by atoms with Crippen LogP contribution in [0.3, 0.4) is 0 Å². The first kappa shape index (κ1) is 19.0. The third kappa shape index (κ3) is 3.68. The lowest BCUT2D eigenvalue weighted by molar-refractivity contribution is 0.170. The van der Waals surface area contributed by atoms with Gasteiger partial charge in [0, 0.05) is 49.9 Å². The van der Waals surface area contributed by atoms with E-state index in [1.54, 1.807) is 13.2 Å². The largest absolute Gasteiger partial charge is 0.490 e. The minimum atomic E-state index is -0.297. The molecule has 0 fully saturated rings. The van der Waals surface area contributed by atoms with E-state index in [1.165, 1.54) is 11.3 Å². The molecule has 0 radical (unpaired) electrons. The summed E-state index contributed by atoms with van der Waals surface area (Å²) in [5.41, 5.74) is 9.56. The van der Waals surface area contributed by atoms with E-state index in [-0.39, 0.29) is 24.3 Å². The predicted octanol–water partition coefficient (Wildman–Crippen LogP) is 3.45. The van der Waals surface area contributed by atoms with Crippen molar-refractivity contribution in [1.29, 1.82) is 0 Å². The Hall–Kier alpha value is -1.30. The smallest absolute Gasteiger partial charge is 0.167 e. The van der Waals surface area contributed by atoms with E-state index >= 15 is 0 Å². The van der Waals surface area contributed by atoms with E-state index < -0.39 is 0 Å². The van der Waals surface area contributed by atoms with Crippen LogP contribution in [0.4, 0.5) is 4.39 Å². The van der Waals surface area contributed by atoms with Crippen molar-refractivity contribution in [2.45, 2.75) is 45.2 Å². The summed E-state index contributed by atoms with van der Waals surface area (Å²) < 4.78 is 27.2. The third-order valence-electron chi connectivity index (χ3n) is 4.41. The van der Waals surface area contributed by atoms with Gasteiger partial charge in [0.2, 0.25) is 0 Å².